The van der Waals surface area contributed by atoms with E-state index >= 15 is 0 Å². The smallest absolute Gasteiger partial charge is 0.425 e. The molecule has 0 N–H and O–H groups in total. The first kappa shape index (κ1) is 54.3. The summed E-state index contributed by atoms with van der Waals surface area (Å²) in [5, 5.41) is 0. The zero-order valence-corrected chi connectivity index (χ0v) is 39.1. The van der Waals surface area contributed by atoms with E-state index in [1.165, 1.54) is 88.2 Å². The van der Waals surface area contributed by atoms with Gasteiger partial charge >= 0.3 is 24.3 Å². The lowest BCUT2D eigenvalue weighted by Gasteiger charge is -2.29. The van der Waals surface area contributed by atoms with Crippen LogP contribution in [0.25, 0.3) is 0 Å². The first-order chi connectivity index (χ1) is 30.2. The summed E-state index contributed by atoms with van der Waals surface area (Å²) in [6, 6.07) is 14.1. The van der Waals surface area contributed by atoms with E-state index in [9.17, 15) is 35.9 Å². The molecule has 2 saturated carbocycles. The molecule has 0 amide bonds. The molecule has 0 bridgehead atoms. The number of alkyl halides is 6. The van der Waals surface area contributed by atoms with Crippen LogP contribution < -0.4 is 0 Å². The van der Waals surface area contributed by atoms with Crippen LogP contribution in [0.4, 0.5) is 26.3 Å². The molecule has 4 rings (SSSR count). The van der Waals surface area contributed by atoms with Gasteiger partial charge in [0, 0.05) is 0 Å². The predicted molar refractivity (Wildman–Crippen MR) is 243 cm³/mol. The largest absolute Gasteiger partial charge is 0.449 e. The molecule has 2 aliphatic rings. The van der Waals surface area contributed by atoms with Gasteiger partial charge in [-0.1, -0.05) is 148 Å². The average molecular weight is 895 g/mol. The number of hydrogen-bond donors (Lipinski definition) is 0. The topological polar surface area (TPSA) is 52.6 Å². The zero-order valence-electron chi connectivity index (χ0n) is 39.1. The second-order valence-electron chi connectivity index (χ2n) is 18.6. The first-order valence-electron chi connectivity index (χ1n) is 24.9. The van der Waals surface area contributed by atoms with Crippen molar-refractivity contribution in [2.45, 2.75) is 237 Å². The molecule has 2 aliphatic carbocycles. The van der Waals surface area contributed by atoms with Gasteiger partial charge in [-0.15, -0.1) is 0 Å². The molecular weight excluding hydrogens is 815 g/mol. The summed E-state index contributed by atoms with van der Waals surface area (Å²) in [5.74, 6) is 0.848. The number of carbonyl (C=O) groups is 2. The van der Waals surface area contributed by atoms with E-state index in [4.69, 9.17) is 9.47 Å². The van der Waals surface area contributed by atoms with Crippen LogP contribution in [0.3, 0.4) is 0 Å². The molecule has 0 radical (unpaired) electrons. The Kier molecular flexibility index (Phi) is 25.4. The fraction of sp³-hybridized carbons (Fsp3) is 0.736. The van der Waals surface area contributed by atoms with Gasteiger partial charge < -0.3 is 9.47 Å². The monoisotopic (exact) mass is 895 g/mol. The van der Waals surface area contributed by atoms with Crippen LogP contribution in [-0.2, 0) is 9.47 Å². The van der Waals surface area contributed by atoms with Crippen molar-refractivity contribution >= 4 is 11.9 Å². The van der Waals surface area contributed by atoms with E-state index in [0.717, 1.165) is 82.5 Å². The van der Waals surface area contributed by atoms with Crippen LogP contribution in [0.15, 0.2) is 48.5 Å². The lowest BCUT2D eigenvalue weighted by Crippen LogP contribution is -2.33. The number of ether oxygens (including phenoxy) is 2. The highest BCUT2D eigenvalue weighted by molar-refractivity contribution is 5.90. The highest BCUT2D eigenvalue weighted by Gasteiger charge is 2.43. The maximum absolute atomic E-state index is 13.3. The fourth-order valence-electron chi connectivity index (χ4n) is 9.38. The Bertz CT molecular complexity index is 1510. The minimum atomic E-state index is -4.53. The molecule has 0 aliphatic heterocycles. The van der Waals surface area contributed by atoms with Crippen molar-refractivity contribution in [1.82, 2.24) is 0 Å². The number of unbranched alkanes of at least 4 members (excludes halogenated alkanes) is 11. The number of hydrogen-bond acceptors (Lipinski definition) is 4. The Hall–Kier alpha value is -3.04. The van der Waals surface area contributed by atoms with E-state index in [2.05, 4.69) is 20.8 Å². The lowest BCUT2D eigenvalue weighted by molar-refractivity contribution is -0.206. The Labute approximate surface area is 376 Å². The first-order valence-corrected chi connectivity index (χ1v) is 24.9. The molecule has 2 fully saturated rings. The van der Waals surface area contributed by atoms with Crippen molar-refractivity contribution in [3.05, 3.63) is 70.8 Å². The van der Waals surface area contributed by atoms with E-state index in [0.29, 0.717) is 24.7 Å². The molecule has 2 atom stereocenters. The van der Waals surface area contributed by atoms with Crippen LogP contribution in [0, 0.1) is 11.8 Å². The van der Waals surface area contributed by atoms with E-state index in [1.807, 2.05) is 31.2 Å². The van der Waals surface area contributed by atoms with Crippen molar-refractivity contribution in [3.8, 4) is 0 Å². The van der Waals surface area contributed by atoms with Crippen molar-refractivity contribution in [2.75, 3.05) is 0 Å². The lowest BCUT2D eigenvalue weighted by atomic mass is 9.77. The third-order valence-electron chi connectivity index (χ3n) is 13.5. The molecule has 4 nitrogen and oxygen atoms in total. The van der Waals surface area contributed by atoms with Gasteiger partial charge in [-0.25, -0.2) is 9.59 Å². The molecule has 63 heavy (non-hydrogen) atoms. The van der Waals surface area contributed by atoms with E-state index in [-0.39, 0.29) is 24.0 Å². The van der Waals surface area contributed by atoms with Crippen molar-refractivity contribution in [1.29, 1.82) is 0 Å². The SMILES string of the molecule is CCCCCCC(OC(=O)c1ccc(C2CCC(CCCCC)CC2)cc1)C(F)(F)F.CCCCCCCC(OC(=O)c1ccc(C2CCC(CCCCC)CC2)cc1)C(F)(F)F. The Morgan fingerprint density at radius 3 is 1.08 bits per heavy atom. The molecule has 0 spiro atoms. The molecule has 10 heteroatoms. The second kappa shape index (κ2) is 29.5. The number of carbonyl (C=O) groups excluding carboxylic acids is 2. The third kappa shape index (κ3) is 20.8. The van der Waals surface area contributed by atoms with Crippen LogP contribution in [-0.4, -0.2) is 36.5 Å². The van der Waals surface area contributed by atoms with Gasteiger partial charge in [0.1, 0.15) is 0 Å². The summed E-state index contributed by atoms with van der Waals surface area (Å²) < 4.78 is 89.5. The Morgan fingerprint density at radius 1 is 0.460 bits per heavy atom. The van der Waals surface area contributed by atoms with Gasteiger partial charge in [0.2, 0.25) is 0 Å². The van der Waals surface area contributed by atoms with Crippen LogP contribution in [0.1, 0.15) is 245 Å². The van der Waals surface area contributed by atoms with Gasteiger partial charge in [0.05, 0.1) is 11.1 Å². The second-order valence-corrected chi connectivity index (χ2v) is 18.6. The van der Waals surface area contributed by atoms with Gasteiger partial charge in [0.15, 0.2) is 12.2 Å². The normalized spacial score (nSPS) is 20.3. The molecule has 2 aromatic carbocycles. The molecular formula is C53H80F6O4. The summed E-state index contributed by atoms with van der Waals surface area (Å²) in [4.78, 5) is 24.7. The fourth-order valence-corrected chi connectivity index (χ4v) is 9.38. The quantitative estimate of drug-likeness (QED) is 0.0566. The number of rotatable bonds is 25. The summed E-state index contributed by atoms with van der Waals surface area (Å²) in [5.41, 5.74) is 2.74. The Morgan fingerprint density at radius 2 is 0.762 bits per heavy atom. The molecule has 0 saturated heterocycles. The van der Waals surface area contributed by atoms with Gasteiger partial charge in [0.25, 0.3) is 0 Å². The number of benzene rings is 2. The predicted octanol–water partition coefficient (Wildman–Crippen LogP) is 17.6. The molecule has 2 unspecified atom stereocenters. The minimum absolute atomic E-state index is 0.168. The maximum atomic E-state index is 13.3. The third-order valence-corrected chi connectivity index (χ3v) is 13.5. The van der Waals surface area contributed by atoms with Gasteiger partial charge in [-0.05, 0) is 136 Å². The zero-order chi connectivity index (χ0) is 46.1. The maximum Gasteiger partial charge on any atom is 0.425 e. The summed E-state index contributed by atoms with van der Waals surface area (Å²) >= 11 is 0. The molecule has 2 aromatic rings. The summed E-state index contributed by atoms with van der Waals surface area (Å²) in [6.45, 7) is 8.52. The van der Waals surface area contributed by atoms with E-state index in [1.54, 1.807) is 24.3 Å². The van der Waals surface area contributed by atoms with Crippen molar-refractivity contribution in [2.24, 2.45) is 11.8 Å². The van der Waals surface area contributed by atoms with Crippen LogP contribution in [0.2, 0.25) is 0 Å². The Balaban J connectivity index is 0.000000335. The van der Waals surface area contributed by atoms with Gasteiger partial charge in [-0.3, -0.25) is 0 Å². The highest BCUT2D eigenvalue weighted by atomic mass is 19.4. The number of halogens is 6. The minimum Gasteiger partial charge on any atom is -0.449 e. The van der Waals surface area contributed by atoms with Gasteiger partial charge in [-0.2, -0.15) is 26.3 Å². The number of esters is 2. The van der Waals surface area contributed by atoms with Crippen LogP contribution in [0.5, 0.6) is 0 Å². The van der Waals surface area contributed by atoms with Crippen molar-refractivity contribution in [3.63, 3.8) is 0 Å². The summed E-state index contributed by atoms with van der Waals surface area (Å²) in [7, 11) is 0. The molecule has 0 heterocycles. The molecule has 0 aromatic heterocycles. The highest BCUT2D eigenvalue weighted by Crippen LogP contribution is 2.39. The summed E-state index contributed by atoms with van der Waals surface area (Å²) in [6.07, 6.45) is 13.6. The van der Waals surface area contributed by atoms with E-state index < -0.39 is 36.5 Å². The van der Waals surface area contributed by atoms with Crippen molar-refractivity contribution < 1.29 is 45.4 Å². The standard InChI is InChI=1S/C27H41F3O2.C26H39F3O2/c1-3-5-7-8-10-12-25(27(28,29)30)32-26(31)24-19-17-23(18-20-24)22-15-13-21(14-16-22)11-9-6-4-2;1-3-5-7-9-11-24(26(27,28)29)31-25(30)23-18-16-22(17-19-23)21-14-12-20(13-15-21)10-8-6-4-2/h17-22,25H,3-16H2,1-2H3;16-21,24H,3-15H2,1-2H3. The average Bonchev–Trinajstić information content (AvgIpc) is 3.27. The molecule has 358 valence electrons. The van der Waals surface area contributed by atoms with Crippen LogP contribution >= 0.6 is 0 Å².